The monoisotopic (exact) mass is 558 g/mol. The molecule has 1 aromatic heterocycles. The number of ether oxygens (including phenoxy) is 2. The van der Waals surface area contributed by atoms with Gasteiger partial charge in [0.15, 0.2) is 6.20 Å². The van der Waals surface area contributed by atoms with Gasteiger partial charge in [0, 0.05) is 30.2 Å². The van der Waals surface area contributed by atoms with Crippen LogP contribution in [-0.4, -0.2) is 13.2 Å². The van der Waals surface area contributed by atoms with Crippen LogP contribution in [0.5, 0.6) is 11.5 Å². The maximum atomic E-state index is 7.18. The number of rotatable bonds is 4. The minimum absolute atomic E-state index is 0.115. The third kappa shape index (κ3) is 4.48. The predicted octanol–water partition coefficient (Wildman–Crippen LogP) is 9.73. The maximum absolute atomic E-state index is 7.18. The van der Waals surface area contributed by atoms with Gasteiger partial charge in [-0.15, -0.1) is 0 Å². The van der Waals surface area contributed by atoms with Crippen LogP contribution in [0.2, 0.25) is 0 Å². The Labute approximate surface area is 250 Å². The van der Waals surface area contributed by atoms with E-state index in [4.69, 9.17) is 9.47 Å². The van der Waals surface area contributed by atoms with Gasteiger partial charge >= 0.3 is 0 Å². The summed E-state index contributed by atoms with van der Waals surface area (Å²) in [5.41, 5.74) is 8.12. The fraction of sp³-hybridized carbons (Fsp3) is 0.410. The second-order valence-corrected chi connectivity index (χ2v) is 14.4. The SMILES string of the molecule is Cc1c2c(c(CC(C)(C)C)c3ccc(CC(C)C)cc13)Oc1cc3c(C4CCOCC4)cccc3c3cc[n+](C)c-2c13. The second-order valence-electron chi connectivity index (χ2n) is 14.4. The van der Waals surface area contributed by atoms with E-state index in [1.807, 2.05) is 0 Å². The fourth-order valence-electron chi connectivity index (χ4n) is 7.61. The molecule has 4 aromatic carbocycles. The number of hydrogen-bond donors (Lipinski definition) is 0. The van der Waals surface area contributed by atoms with Gasteiger partial charge in [-0.3, -0.25) is 0 Å². The van der Waals surface area contributed by atoms with Crippen molar-refractivity contribution in [2.75, 3.05) is 13.2 Å². The molecule has 0 N–H and O–H groups in total. The fourth-order valence-corrected chi connectivity index (χ4v) is 7.61. The molecule has 3 nitrogen and oxygen atoms in total. The summed E-state index contributed by atoms with van der Waals surface area (Å²) in [5.74, 6) is 3.17. The number of hydrogen-bond acceptors (Lipinski definition) is 2. The molecule has 0 atom stereocenters. The quantitative estimate of drug-likeness (QED) is 0.159. The van der Waals surface area contributed by atoms with E-state index in [1.54, 1.807) is 0 Å². The molecule has 42 heavy (non-hydrogen) atoms. The number of aryl methyl sites for hydroxylation is 2. The lowest BCUT2D eigenvalue weighted by atomic mass is 9.80. The second kappa shape index (κ2) is 10.1. The molecule has 1 saturated heterocycles. The molecule has 216 valence electrons. The largest absolute Gasteiger partial charge is 0.455 e. The molecule has 0 radical (unpaired) electrons. The van der Waals surface area contributed by atoms with Crippen molar-refractivity contribution in [1.29, 1.82) is 0 Å². The average molecular weight is 559 g/mol. The third-order valence-corrected chi connectivity index (χ3v) is 9.43. The van der Waals surface area contributed by atoms with Crippen LogP contribution in [0.4, 0.5) is 0 Å². The Kier molecular flexibility index (Phi) is 6.58. The summed E-state index contributed by atoms with van der Waals surface area (Å²) in [6, 6.07) is 18.7. The van der Waals surface area contributed by atoms with Gasteiger partial charge in [0.1, 0.15) is 18.5 Å². The Hall–Kier alpha value is -3.43. The lowest BCUT2D eigenvalue weighted by molar-refractivity contribution is -0.659. The van der Waals surface area contributed by atoms with Crippen molar-refractivity contribution in [2.24, 2.45) is 18.4 Å². The van der Waals surface area contributed by atoms with E-state index in [1.165, 1.54) is 65.8 Å². The van der Waals surface area contributed by atoms with Crippen molar-refractivity contribution in [3.8, 4) is 22.8 Å². The van der Waals surface area contributed by atoms with Crippen molar-refractivity contribution in [2.45, 2.75) is 73.1 Å². The van der Waals surface area contributed by atoms with E-state index in [9.17, 15) is 0 Å². The molecule has 3 heterocycles. The smallest absolute Gasteiger partial charge is 0.228 e. The molecule has 0 amide bonds. The van der Waals surface area contributed by atoms with Gasteiger partial charge in [-0.1, -0.05) is 71.0 Å². The minimum Gasteiger partial charge on any atom is -0.455 e. The zero-order valence-corrected chi connectivity index (χ0v) is 26.4. The van der Waals surface area contributed by atoms with Gasteiger partial charge in [-0.2, -0.15) is 0 Å². The lowest BCUT2D eigenvalue weighted by Crippen LogP contribution is -2.32. The molecule has 1 fully saturated rings. The van der Waals surface area contributed by atoms with Gasteiger partial charge in [-0.05, 0) is 94.2 Å². The van der Waals surface area contributed by atoms with Crippen molar-refractivity contribution in [3.63, 3.8) is 0 Å². The van der Waals surface area contributed by atoms with E-state index in [0.717, 1.165) is 50.4 Å². The topological polar surface area (TPSA) is 22.3 Å². The highest BCUT2D eigenvalue weighted by Crippen LogP contribution is 2.53. The number of fused-ring (bicyclic) bond motifs is 5. The van der Waals surface area contributed by atoms with Gasteiger partial charge in [0.2, 0.25) is 5.69 Å². The molecule has 7 rings (SSSR count). The van der Waals surface area contributed by atoms with E-state index in [2.05, 4.69) is 108 Å². The first kappa shape index (κ1) is 27.4. The number of pyridine rings is 1. The summed E-state index contributed by atoms with van der Waals surface area (Å²) in [7, 11) is 2.19. The first-order chi connectivity index (χ1) is 20.1. The molecule has 0 aliphatic carbocycles. The molecule has 0 spiro atoms. The number of nitrogens with zero attached hydrogens (tertiary/aromatic N) is 1. The highest BCUT2D eigenvalue weighted by Gasteiger charge is 2.35. The molecule has 2 aliphatic rings. The molecule has 0 saturated carbocycles. The molecular formula is C39H44NO2+. The van der Waals surface area contributed by atoms with Crippen LogP contribution in [0, 0.1) is 18.3 Å². The standard InChI is InChI=1S/C39H44NO2/c1-23(2)19-25-11-12-29-31(20-25)24(3)35-37-36-30(13-16-40(37)7)28-10-8-9-27(26-14-17-41-18-15-26)32(28)21-34(36)42-38(35)33(29)22-39(4,5)6/h8-13,16,20-21,23,26H,14-15,17-19,22H2,1-7H3/q+1. The van der Waals surface area contributed by atoms with Crippen molar-refractivity contribution >= 4 is 32.3 Å². The van der Waals surface area contributed by atoms with Gasteiger partial charge in [-0.25, -0.2) is 4.57 Å². The molecule has 2 aliphatic heterocycles. The van der Waals surface area contributed by atoms with E-state index >= 15 is 0 Å². The average Bonchev–Trinajstić information content (AvgIpc) is 2.95. The van der Waals surface area contributed by atoms with Crippen molar-refractivity contribution in [1.82, 2.24) is 0 Å². The van der Waals surface area contributed by atoms with Gasteiger partial charge in [0.05, 0.1) is 10.9 Å². The van der Waals surface area contributed by atoms with Crippen LogP contribution in [-0.2, 0) is 24.6 Å². The number of benzene rings is 4. The van der Waals surface area contributed by atoms with Crippen molar-refractivity contribution < 1.29 is 14.0 Å². The summed E-state index contributed by atoms with van der Waals surface area (Å²) in [6.45, 7) is 15.6. The summed E-state index contributed by atoms with van der Waals surface area (Å²) >= 11 is 0. The summed E-state index contributed by atoms with van der Waals surface area (Å²) < 4.78 is 15.2. The van der Waals surface area contributed by atoms with Gasteiger partial charge in [0.25, 0.3) is 0 Å². The molecular weight excluding hydrogens is 514 g/mol. The van der Waals surface area contributed by atoms with Crippen LogP contribution in [0.3, 0.4) is 0 Å². The molecule has 0 bridgehead atoms. The highest BCUT2D eigenvalue weighted by atomic mass is 16.5. The summed E-state index contributed by atoms with van der Waals surface area (Å²) in [4.78, 5) is 0. The lowest BCUT2D eigenvalue weighted by Gasteiger charge is -2.29. The van der Waals surface area contributed by atoms with Crippen molar-refractivity contribution in [3.05, 3.63) is 77.0 Å². The zero-order chi connectivity index (χ0) is 29.3. The summed E-state index contributed by atoms with van der Waals surface area (Å²) in [6.07, 6.45) is 6.44. The molecule has 0 unspecified atom stereocenters. The first-order valence-electron chi connectivity index (χ1n) is 15.8. The third-order valence-electron chi connectivity index (χ3n) is 9.43. The minimum atomic E-state index is 0.115. The van der Waals surface area contributed by atoms with E-state index in [-0.39, 0.29) is 5.41 Å². The highest BCUT2D eigenvalue weighted by molar-refractivity contribution is 6.17. The van der Waals surface area contributed by atoms with E-state index < -0.39 is 0 Å². The first-order valence-corrected chi connectivity index (χ1v) is 15.8. The Morgan fingerprint density at radius 3 is 2.43 bits per heavy atom. The van der Waals surface area contributed by atoms with Crippen LogP contribution in [0.25, 0.3) is 43.6 Å². The Morgan fingerprint density at radius 1 is 0.905 bits per heavy atom. The van der Waals surface area contributed by atoms with E-state index in [0.29, 0.717) is 11.8 Å². The summed E-state index contributed by atoms with van der Waals surface area (Å²) in [5, 5.41) is 7.84. The molecule has 5 aromatic rings. The Morgan fingerprint density at radius 2 is 1.69 bits per heavy atom. The van der Waals surface area contributed by atoms with Crippen LogP contribution < -0.4 is 9.30 Å². The normalized spacial score (nSPS) is 15.5. The maximum Gasteiger partial charge on any atom is 0.228 e. The predicted molar refractivity (Wildman–Crippen MR) is 175 cm³/mol. The van der Waals surface area contributed by atoms with Gasteiger partial charge < -0.3 is 9.47 Å². The Bertz CT molecular complexity index is 1870. The molecule has 3 heteroatoms. The number of aromatic nitrogens is 1. The van der Waals surface area contributed by atoms with Crippen LogP contribution in [0.1, 0.15) is 75.6 Å². The van der Waals surface area contributed by atoms with Crippen LogP contribution in [0.15, 0.2) is 54.7 Å². The Balaban J connectivity index is 1.56. The zero-order valence-electron chi connectivity index (χ0n) is 26.4. The van der Waals surface area contributed by atoms with Crippen LogP contribution >= 0.6 is 0 Å².